The van der Waals surface area contributed by atoms with E-state index in [9.17, 15) is 4.79 Å². The molecule has 1 amide bonds. The molecule has 3 rings (SSSR count). The van der Waals surface area contributed by atoms with Crippen molar-refractivity contribution in [3.05, 3.63) is 71.2 Å². The molecule has 0 atom stereocenters. The summed E-state index contributed by atoms with van der Waals surface area (Å²) >= 11 is 0. The van der Waals surface area contributed by atoms with Gasteiger partial charge in [0.05, 0.1) is 14.2 Å². The highest BCUT2D eigenvalue weighted by Crippen LogP contribution is 2.27. The minimum atomic E-state index is -0.284. The van der Waals surface area contributed by atoms with Gasteiger partial charge in [0, 0.05) is 18.3 Å². The zero-order valence-corrected chi connectivity index (χ0v) is 16.9. The Morgan fingerprint density at radius 1 is 0.966 bits per heavy atom. The molecule has 29 heavy (non-hydrogen) atoms. The number of anilines is 2. The van der Waals surface area contributed by atoms with E-state index in [0.29, 0.717) is 23.9 Å². The van der Waals surface area contributed by atoms with Crippen molar-refractivity contribution in [3.8, 4) is 11.5 Å². The lowest BCUT2D eigenvalue weighted by molar-refractivity contribution is 0.102. The number of rotatable bonds is 7. The van der Waals surface area contributed by atoms with Crippen molar-refractivity contribution in [2.45, 2.75) is 20.4 Å². The van der Waals surface area contributed by atoms with Crippen LogP contribution in [0, 0.1) is 13.8 Å². The van der Waals surface area contributed by atoms with Crippen molar-refractivity contribution in [1.82, 2.24) is 9.97 Å². The minimum Gasteiger partial charge on any atom is -0.493 e. The summed E-state index contributed by atoms with van der Waals surface area (Å²) in [6, 6.07) is 13.2. The number of hydrogen-bond acceptors (Lipinski definition) is 6. The zero-order chi connectivity index (χ0) is 20.8. The first-order valence-electron chi connectivity index (χ1n) is 9.15. The molecular formula is C22H24N4O3. The van der Waals surface area contributed by atoms with E-state index < -0.39 is 0 Å². The average Bonchev–Trinajstić information content (AvgIpc) is 2.74. The quantitative estimate of drug-likeness (QED) is 0.633. The maximum atomic E-state index is 12.6. The minimum absolute atomic E-state index is 0.284. The van der Waals surface area contributed by atoms with Gasteiger partial charge < -0.3 is 20.1 Å². The molecule has 0 aliphatic rings. The Hall–Kier alpha value is -3.61. The van der Waals surface area contributed by atoms with Crippen molar-refractivity contribution < 1.29 is 14.3 Å². The van der Waals surface area contributed by atoms with Crippen molar-refractivity contribution >= 4 is 17.4 Å². The fourth-order valence-electron chi connectivity index (χ4n) is 2.90. The number of benzene rings is 2. The Labute approximate surface area is 170 Å². The molecule has 0 aliphatic carbocycles. The van der Waals surface area contributed by atoms with Crippen LogP contribution in [0.25, 0.3) is 0 Å². The summed E-state index contributed by atoms with van der Waals surface area (Å²) in [6.07, 6.45) is 1.37. The number of ether oxygens (including phenoxy) is 2. The van der Waals surface area contributed by atoms with Crippen LogP contribution in [-0.4, -0.2) is 30.1 Å². The van der Waals surface area contributed by atoms with Crippen molar-refractivity contribution in [2.24, 2.45) is 0 Å². The van der Waals surface area contributed by atoms with E-state index in [0.717, 1.165) is 22.4 Å². The van der Waals surface area contributed by atoms with Crippen LogP contribution in [0.3, 0.4) is 0 Å². The first-order valence-corrected chi connectivity index (χ1v) is 9.15. The van der Waals surface area contributed by atoms with Gasteiger partial charge in [0.15, 0.2) is 11.5 Å². The lowest BCUT2D eigenvalue weighted by Gasteiger charge is -2.11. The van der Waals surface area contributed by atoms with Crippen LogP contribution < -0.4 is 20.1 Å². The summed E-state index contributed by atoms with van der Waals surface area (Å²) in [5.41, 5.74) is 4.18. The highest BCUT2D eigenvalue weighted by atomic mass is 16.5. The summed E-state index contributed by atoms with van der Waals surface area (Å²) in [6.45, 7) is 4.48. The molecule has 1 aromatic heterocycles. The van der Waals surface area contributed by atoms with Gasteiger partial charge in [0.25, 0.3) is 5.91 Å². The molecule has 0 saturated heterocycles. The van der Waals surface area contributed by atoms with Gasteiger partial charge in [-0.25, -0.2) is 9.97 Å². The number of methoxy groups -OCH3 is 2. The van der Waals surface area contributed by atoms with Gasteiger partial charge in [0.1, 0.15) is 17.8 Å². The zero-order valence-electron chi connectivity index (χ0n) is 16.9. The molecule has 0 unspecified atom stereocenters. The molecule has 3 aromatic rings. The first-order chi connectivity index (χ1) is 14.0. The fraction of sp³-hybridized carbons (Fsp3) is 0.227. The van der Waals surface area contributed by atoms with Gasteiger partial charge in [0.2, 0.25) is 0 Å². The van der Waals surface area contributed by atoms with E-state index in [4.69, 9.17) is 9.47 Å². The van der Waals surface area contributed by atoms with Crippen LogP contribution in [0.1, 0.15) is 27.2 Å². The molecule has 0 bridgehead atoms. The summed E-state index contributed by atoms with van der Waals surface area (Å²) < 4.78 is 10.6. The van der Waals surface area contributed by atoms with Crippen LogP contribution >= 0.6 is 0 Å². The molecule has 7 heteroatoms. The van der Waals surface area contributed by atoms with Crippen molar-refractivity contribution in [1.29, 1.82) is 0 Å². The number of carbonyl (C=O) groups is 1. The monoisotopic (exact) mass is 392 g/mol. The summed E-state index contributed by atoms with van der Waals surface area (Å²) in [7, 11) is 3.20. The largest absolute Gasteiger partial charge is 0.493 e. The standard InChI is InChI=1S/C22H24N4O3/c1-14-5-7-17(15(2)9-14)26-22(27)18-11-21(25-13-24-18)23-12-16-6-8-19(28-3)20(10-16)29-4/h5-11,13H,12H2,1-4H3,(H,26,27)(H,23,24,25). The average molecular weight is 392 g/mol. The summed E-state index contributed by atoms with van der Waals surface area (Å²) in [4.78, 5) is 20.9. The topological polar surface area (TPSA) is 85.4 Å². The summed E-state index contributed by atoms with van der Waals surface area (Å²) in [5, 5.41) is 6.10. The third-order valence-corrected chi connectivity index (χ3v) is 4.45. The van der Waals surface area contributed by atoms with Gasteiger partial charge in [-0.15, -0.1) is 0 Å². The Morgan fingerprint density at radius 2 is 1.76 bits per heavy atom. The van der Waals surface area contributed by atoms with Gasteiger partial charge in [-0.2, -0.15) is 0 Å². The highest BCUT2D eigenvalue weighted by molar-refractivity contribution is 6.03. The van der Waals surface area contributed by atoms with Crippen LogP contribution in [0.15, 0.2) is 48.8 Å². The SMILES string of the molecule is COc1ccc(CNc2cc(C(=O)Nc3ccc(C)cc3C)ncn2)cc1OC. The van der Waals surface area contributed by atoms with E-state index in [1.807, 2.05) is 50.2 Å². The number of amides is 1. The highest BCUT2D eigenvalue weighted by Gasteiger charge is 2.11. The molecule has 7 nitrogen and oxygen atoms in total. The third-order valence-electron chi connectivity index (χ3n) is 4.45. The molecule has 0 spiro atoms. The number of carbonyl (C=O) groups excluding carboxylic acids is 1. The van der Waals surface area contributed by atoms with Crippen LogP contribution in [0.4, 0.5) is 11.5 Å². The lowest BCUT2D eigenvalue weighted by atomic mass is 10.1. The number of hydrogen-bond donors (Lipinski definition) is 2. The van der Waals surface area contributed by atoms with Crippen molar-refractivity contribution in [2.75, 3.05) is 24.9 Å². The number of nitrogens with zero attached hydrogens (tertiary/aromatic N) is 2. The predicted octanol–water partition coefficient (Wildman–Crippen LogP) is 3.98. The van der Waals surface area contributed by atoms with E-state index >= 15 is 0 Å². The van der Waals surface area contributed by atoms with Crippen LogP contribution in [-0.2, 0) is 6.54 Å². The second-order valence-corrected chi connectivity index (χ2v) is 6.60. The Kier molecular flexibility index (Phi) is 6.29. The predicted molar refractivity (Wildman–Crippen MR) is 113 cm³/mol. The van der Waals surface area contributed by atoms with Gasteiger partial charge in [-0.1, -0.05) is 23.8 Å². The Balaban J connectivity index is 1.68. The van der Waals surface area contributed by atoms with Crippen LogP contribution in [0.5, 0.6) is 11.5 Å². The fourth-order valence-corrected chi connectivity index (χ4v) is 2.90. The normalized spacial score (nSPS) is 10.3. The molecule has 2 aromatic carbocycles. The molecule has 0 aliphatic heterocycles. The third kappa shape index (κ3) is 5.01. The van der Waals surface area contributed by atoms with E-state index in [1.165, 1.54) is 6.33 Å². The molecule has 0 radical (unpaired) electrons. The van der Waals surface area contributed by atoms with Gasteiger partial charge in [-0.05, 0) is 43.2 Å². The first kappa shape index (κ1) is 20.1. The maximum absolute atomic E-state index is 12.6. The number of aryl methyl sites for hydroxylation is 2. The van der Waals surface area contributed by atoms with Crippen molar-refractivity contribution in [3.63, 3.8) is 0 Å². The molecule has 0 saturated carbocycles. The molecule has 2 N–H and O–H groups in total. The van der Waals surface area contributed by atoms with Gasteiger partial charge in [-0.3, -0.25) is 4.79 Å². The Bertz CT molecular complexity index is 1020. The smallest absolute Gasteiger partial charge is 0.274 e. The lowest BCUT2D eigenvalue weighted by Crippen LogP contribution is -2.15. The second-order valence-electron chi connectivity index (χ2n) is 6.60. The summed E-state index contributed by atoms with van der Waals surface area (Å²) in [5.74, 6) is 1.60. The number of nitrogens with one attached hydrogen (secondary N) is 2. The molecule has 1 heterocycles. The Morgan fingerprint density at radius 3 is 2.48 bits per heavy atom. The molecule has 150 valence electrons. The number of aromatic nitrogens is 2. The van der Waals surface area contributed by atoms with Crippen LogP contribution in [0.2, 0.25) is 0 Å². The van der Waals surface area contributed by atoms with E-state index in [1.54, 1.807) is 20.3 Å². The molecular weight excluding hydrogens is 368 g/mol. The second kappa shape index (κ2) is 9.05. The molecule has 0 fully saturated rings. The van der Waals surface area contributed by atoms with Gasteiger partial charge >= 0.3 is 0 Å². The van der Waals surface area contributed by atoms with E-state index in [-0.39, 0.29) is 11.6 Å². The van der Waals surface area contributed by atoms with E-state index in [2.05, 4.69) is 20.6 Å². The maximum Gasteiger partial charge on any atom is 0.274 e.